The van der Waals surface area contributed by atoms with E-state index in [0.29, 0.717) is 12.8 Å². The Labute approximate surface area is 152 Å². The smallest absolute Gasteiger partial charge is 0.223 e. The van der Waals surface area contributed by atoms with Crippen molar-refractivity contribution in [3.05, 3.63) is 52.0 Å². The van der Waals surface area contributed by atoms with Crippen molar-refractivity contribution in [2.75, 3.05) is 26.2 Å². The summed E-state index contributed by atoms with van der Waals surface area (Å²) in [6.45, 7) is 6.03. The molecule has 0 atom stereocenters. The molecule has 3 heterocycles. The third-order valence-corrected chi connectivity index (χ3v) is 5.48. The SMILES string of the molecule is Cc1ccc(C(=O)CCC(=O)N2CCN(Cc3cccnc3)CC2)s1. The monoisotopic (exact) mass is 357 g/mol. The largest absolute Gasteiger partial charge is 0.340 e. The van der Waals surface area contributed by atoms with Crippen LogP contribution < -0.4 is 0 Å². The van der Waals surface area contributed by atoms with Crippen LogP contribution in [-0.2, 0) is 11.3 Å². The molecule has 25 heavy (non-hydrogen) atoms. The highest BCUT2D eigenvalue weighted by atomic mass is 32.1. The van der Waals surface area contributed by atoms with Gasteiger partial charge in [-0.1, -0.05) is 6.07 Å². The van der Waals surface area contributed by atoms with Crippen molar-refractivity contribution in [2.24, 2.45) is 0 Å². The van der Waals surface area contributed by atoms with Gasteiger partial charge in [-0.25, -0.2) is 0 Å². The lowest BCUT2D eigenvalue weighted by Gasteiger charge is -2.34. The van der Waals surface area contributed by atoms with Crippen molar-refractivity contribution in [1.29, 1.82) is 0 Å². The number of aromatic nitrogens is 1. The van der Waals surface area contributed by atoms with E-state index in [1.807, 2.05) is 36.2 Å². The topological polar surface area (TPSA) is 53.5 Å². The minimum atomic E-state index is 0.0710. The van der Waals surface area contributed by atoms with E-state index in [9.17, 15) is 9.59 Å². The van der Waals surface area contributed by atoms with Crippen LogP contribution in [0.3, 0.4) is 0 Å². The molecule has 0 radical (unpaired) electrons. The highest BCUT2D eigenvalue weighted by Gasteiger charge is 2.22. The van der Waals surface area contributed by atoms with Gasteiger partial charge >= 0.3 is 0 Å². The third-order valence-electron chi connectivity index (χ3n) is 4.44. The maximum atomic E-state index is 12.4. The van der Waals surface area contributed by atoms with E-state index in [0.717, 1.165) is 42.5 Å². The van der Waals surface area contributed by atoms with Crippen molar-refractivity contribution >= 4 is 23.0 Å². The molecule has 132 valence electrons. The average Bonchev–Trinajstić information content (AvgIpc) is 3.07. The quantitative estimate of drug-likeness (QED) is 0.746. The molecule has 0 unspecified atom stereocenters. The number of amides is 1. The summed E-state index contributed by atoms with van der Waals surface area (Å²) in [6.07, 6.45) is 4.27. The van der Waals surface area contributed by atoms with Crippen LogP contribution in [0.25, 0.3) is 0 Å². The Morgan fingerprint density at radius 2 is 1.92 bits per heavy atom. The maximum Gasteiger partial charge on any atom is 0.223 e. The summed E-state index contributed by atoms with van der Waals surface area (Å²) in [5.74, 6) is 0.157. The van der Waals surface area contributed by atoms with Gasteiger partial charge in [0.25, 0.3) is 0 Å². The number of aryl methyl sites for hydroxylation is 1. The molecule has 0 bridgehead atoms. The zero-order valence-corrected chi connectivity index (χ0v) is 15.3. The fourth-order valence-electron chi connectivity index (χ4n) is 2.99. The van der Waals surface area contributed by atoms with Gasteiger partial charge in [0.15, 0.2) is 5.78 Å². The Hall–Kier alpha value is -2.05. The fourth-order valence-corrected chi connectivity index (χ4v) is 3.83. The number of thiophene rings is 1. The average molecular weight is 357 g/mol. The van der Waals surface area contributed by atoms with Gasteiger partial charge < -0.3 is 4.90 Å². The Bertz CT molecular complexity index is 721. The molecule has 0 N–H and O–H groups in total. The van der Waals surface area contributed by atoms with Crippen molar-refractivity contribution < 1.29 is 9.59 Å². The first-order chi connectivity index (χ1) is 12.1. The number of hydrogen-bond acceptors (Lipinski definition) is 5. The number of carbonyl (C=O) groups is 2. The van der Waals surface area contributed by atoms with Gasteiger partial charge in [0.1, 0.15) is 0 Å². The van der Waals surface area contributed by atoms with Crippen LogP contribution in [0.4, 0.5) is 0 Å². The number of nitrogens with zero attached hydrogens (tertiary/aromatic N) is 3. The normalized spacial score (nSPS) is 15.3. The van der Waals surface area contributed by atoms with Crippen LogP contribution in [0.1, 0.15) is 33.0 Å². The first kappa shape index (κ1) is 17.8. The second kappa shape index (κ2) is 8.36. The lowest BCUT2D eigenvalue weighted by Crippen LogP contribution is -2.48. The lowest BCUT2D eigenvalue weighted by atomic mass is 10.1. The van der Waals surface area contributed by atoms with Crippen molar-refractivity contribution in [1.82, 2.24) is 14.8 Å². The van der Waals surface area contributed by atoms with Crippen molar-refractivity contribution in [2.45, 2.75) is 26.3 Å². The van der Waals surface area contributed by atoms with Crippen LogP contribution in [0.15, 0.2) is 36.7 Å². The maximum absolute atomic E-state index is 12.4. The van der Waals surface area contributed by atoms with Crippen LogP contribution in [0.5, 0.6) is 0 Å². The van der Waals surface area contributed by atoms with Crippen LogP contribution >= 0.6 is 11.3 Å². The van der Waals surface area contributed by atoms with Crippen LogP contribution in [0, 0.1) is 6.92 Å². The zero-order chi connectivity index (χ0) is 17.6. The molecule has 1 aliphatic heterocycles. The van der Waals surface area contributed by atoms with Gasteiger partial charge in [0, 0.05) is 62.8 Å². The highest BCUT2D eigenvalue weighted by molar-refractivity contribution is 7.14. The molecule has 0 spiro atoms. The lowest BCUT2D eigenvalue weighted by molar-refractivity contribution is -0.132. The molecule has 1 aliphatic rings. The molecule has 2 aromatic rings. The molecule has 5 nitrogen and oxygen atoms in total. The van der Waals surface area contributed by atoms with E-state index in [1.54, 1.807) is 6.20 Å². The van der Waals surface area contributed by atoms with Crippen molar-refractivity contribution in [3.63, 3.8) is 0 Å². The molecular formula is C19H23N3O2S. The van der Waals surface area contributed by atoms with Crippen molar-refractivity contribution in [3.8, 4) is 0 Å². The first-order valence-electron chi connectivity index (χ1n) is 8.60. The number of ketones is 1. The van der Waals surface area contributed by atoms with Gasteiger partial charge in [-0.05, 0) is 30.7 Å². The summed E-state index contributed by atoms with van der Waals surface area (Å²) >= 11 is 1.50. The Morgan fingerprint density at radius 1 is 1.12 bits per heavy atom. The van der Waals surface area contributed by atoms with Crippen LogP contribution in [-0.4, -0.2) is 52.7 Å². The van der Waals surface area contributed by atoms with Gasteiger partial charge in [-0.2, -0.15) is 0 Å². The number of piperazine rings is 1. The van der Waals surface area contributed by atoms with E-state index < -0.39 is 0 Å². The Balaban J connectivity index is 1.41. The second-order valence-corrected chi connectivity index (χ2v) is 7.64. The molecule has 0 aromatic carbocycles. The van der Waals surface area contributed by atoms with Gasteiger partial charge in [-0.3, -0.25) is 19.5 Å². The van der Waals surface area contributed by atoms with Gasteiger partial charge in [0.2, 0.25) is 5.91 Å². The summed E-state index contributed by atoms with van der Waals surface area (Å²) in [4.78, 5) is 34.7. The number of pyridine rings is 1. The zero-order valence-electron chi connectivity index (χ0n) is 14.5. The molecule has 3 rings (SSSR count). The summed E-state index contributed by atoms with van der Waals surface area (Å²) in [6, 6.07) is 7.81. The standard InChI is InChI=1S/C19H23N3O2S/c1-15-4-6-18(25-15)17(23)5-7-19(24)22-11-9-21(10-12-22)14-16-3-2-8-20-13-16/h2-4,6,8,13H,5,7,9-12,14H2,1H3. The van der Waals surface area contributed by atoms with E-state index in [-0.39, 0.29) is 11.7 Å². The number of carbonyl (C=O) groups excluding carboxylic acids is 2. The summed E-state index contributed by atoms with van der Waals surface area (Å²) in [5.41, 5.74) is 1.19. The molecule has 1 fully saturated rings. The molecule has 1 amide bonds. The third kappa shape index (κ3) is 4.96. The first-order valence-corrected chi connectivity index (χ1v) is 9.42. The highest BCUT2D eigenvalue weighted by Crippen LogP contribution is 2.18. The number of rotatable bonds is 6. The van der Waals surface area contributed by atoms with Gasteiger partial charge in [-0.15, -0.1) is 11.3 Å². The number of hydrogen-bond donors (Lipinski definition) is 0. The van der Waals surface area contributed by atoms with E-state index >= 15 is 0 Å². The fraction of sp³-hybridized carbons (Fsp3) is 0.421. The molecular weight excluding hydrogens is 334 g/mol. The number of Topliss-reactive ketones (excluding diaryl/α,β-unsaturated/α-hetero) is 1. The molecule has 0 saturated carbocycles. The molecule has 0 aliphatic carbocycles. The molecule has 1 saturated heterocycles. The van der Waals surface area contributed by atoms with E-state index in [2.05, 4.69) is 16.0 Å². The predicted octanol–water partition coefficient (Wildman–Crippen LogP) is 2.76. The van der Waals surface area contributed by atoms with Gasteiger partial charge in [0.05, 0.1) is 4.88 Å². The second-order valence-electron chi connectivity index (χ2n) is 6.35. The minimum Gasteiger partial charge on any atom is -0.340 e. The minimum absolute atomic E-state index is 0.0710. The molecule has 6 heteroatoms. The predicted molar refractivity (Wildman–Crippen MR) is 98.7 cm³/mol. The van der Waals surface area contributed by atoms with E-state index in [4.69, 9.17) is 0 Å². The summed E-state index contributed by atoms with van der Waals surface area (Å²) in [5, 5.41) is 0. The summed E-state index contributed by atoms with van der Waals surface area (Å²) in [7, 11) is 0. The molecule has 2 aromatic heterocycles. The Morgan fingerprint density at radius 3 is 2.56 bits per heavy atom. The van der Waals surface area contributed by atoms with E-state index in [1.165, 1.54) is 16.9 Å². The summed E-state index contributed by atoms with van der Waals surface area (Å²) < 4.78 is 0. The Kier molecular flexibility index (Phi) is 5.94. The van der Waals surface area contributed by atoms with Crippen LogP contribution in [0.2, 0.25) is 0 Å².